The third-order valence-corrected chi connectivity index (χ3v) is 5.81. The zero-order valence-electron chi connectivity index (χ0n) is 15.5. The highest BCUT2D eigenvalue weighted by atomic mass is 35.5. The lowest BCUT2D eigenvalue weighted by atomic mass is 10.1. The molecule has 150 valence electrons. The first-order chi connectivity index (χ1) is 13.7. The van der Waals surface area contributed by atoms with Gasteiger partial charge in [0.2, 0.25) is 0 Å². The Morgan fingerprint density at radius 3 is 2.31 bits per heavy atom. The van der Waals surface area contributed by atoms with Gasteiger partial charge in [-0.15, -0.1) is 0 Å². The molecule has 0 unspecified atom stereocenters. The van der Waals surface area contributed by atoms with Crippen LogP contribution in [-0.4, -0.2) is 26.3 Å². The fourth-order valence-electron chi connectivity index (χ4n) is 2.71. The molecule has 5 nitrogen and oxygen atoms in total. The second-order valence-corrected chi connectivity index (χ2v) is 8.55. The normalized spacial score (nSPS) is 11.1. The summed E-state index contributed by atoms with van der Waals surface area (Å²) in [5, 5.41) is 0.439. The fraction of sp³-hybridized carbons (Fsp3) is 0.0952. The van der Waals surface area contributed by atoms with Crippen molar-refractivity contribution < 1.29 is 17.6 Å². The minimum atomic E-state index is -3.76. The molecule has 0 spiro atoms. The number of nitrogens with one attached hydrogen (secondary N) is 1. The van der Waals surface area contributed by atoms with Gasteiger partial charge in [-0.1, -0.05) is 23.7 Å². The van der Waals surface area contributed by atoms with Crippen LogP contribution >= 0.6 is 11.6 Å². The average Bonchev–Trinajstić information content (AvgIpc) is 2.68. The first-order valence-electron chi connectivity index (χ1n) is 8.63. The summed E-state index contributed by atoms with van der Waals surface area (Å²) in [6, 6.07) is 17.9. The van der Waals surface area contributed by atoms with Gasteiger partial charge in [-0.2, -0.15) is 0 Å². The predicted octanol–water partition coefficient (Wildman–Crippen LogP) is 4.55. The standard InChI is InChI=1S/C21H18ClFN2O3S/c1-25(14-15-3-2-4-18(23)13-15)21(26)16-5-9-19(10-6-16)24-29(27,28)20-11-7-17(22)8-12-20/h2-13,24H,14H2,1H3. The van der Waals surface area contributed by atoms with Gasteiger partial charge >= 0.3 is 0 Å². The molecule has 0 aromatic heterocycles. The number of rotatable bonds is 6. The number of nitrogens with zero attached hydrogens (tertiary/aromatic N) is 1. The lowest BCUT2D eigenvalue weighted by Gasteiger charge is -2.17. The third-order valence-electron chi connectivity index (χ3n) is 4.16. The average molecular weight is 433 g/mol. The summed E-state index contributed by atoms with van der Waals surface area (Å²) in [5.41, 5.74) is 1.39. The van der Waals surface area contributed by atoms with Gasteiger partial charge in [-0.05, 0) is 66.2 Å². The summed E-state index contributed by atoms with van der Waals surface area (Å²) in [6.07, 6.45) is 0. The van der Waals surface area contributed by atoms with Crippen molar-refractivity contribution in [2.45, 2.75) is 11.4 Å². The minimum Gasteiger partial charge on any atom is -0.337 e. The van der Waals surface area contributed by atoms with Crippen molar-refractivity contribution in [3.63, 3.8) is 0 Å². The zero-order valence-corrected chi connectivity index (χ0v) is 17.0. The molecule has 8 heteroatoms. The van der Waals surface area contributed by atoms with E-state index >= 15 is 0 Å². The molecule has 0 aliphatic heterocycles. The molecule has 0 fully saturated rings. The molecule has 0 aliphatic carbocycles. The lowest BCUT2D eigenvalue weighted by Crippen LogP contribution is -2.26. The molecule has 3 aromatic rings. The molecule has 0 bridgehead atoms. The maximum atomic E-state index is 13.3. The molecule has 0 radical (unpaired) electrons. The summed E-state index contributed by atoms with van der Waals surface area (Å²) in [7, 11) is -2.15. The summed E-state index contributed by atoms with van der Waals surface area (Å²) in [5.74, 6) is -0.623. The number of anilines is 1. The lowest BCUT2D eigenvalue weighted by molar-refractivity contribution is 0.0785. The van der Waals surface area contributed by atoms with E-state index in [9.17, 15) is 17.6 Å². The third kappa shape index (κ3) is 5.34. The fourth-order valence-corrected chi connectivity index (χ4v) is 3.89. The molecule has 29 heavy (non-hydrogen) atoms. The molecule has 0 aliphatic rings. The van der Waals surface area contributed by atoms with E-state index in [0.29, 0.717) is 21.8 Å². The Hall–Kier alpha value is -2.90. The Kier molecular flexibility index (Phi) is 6.20. The van der Waals surface area contributed by atoms with Gasteiger partial charge in [-0.25, -0.2) is 12.8 Å². The molecule has 3 aromatic carbocycles. The van der Waals surface area contributed by atoms with Crippen LogP contribution in [0.5, 0.6) is 0 Å². The second kappa shape index (κ2) is 8.63. The molecule has 1 N–H and O–H groups in total. The molecule has 3 rings (SSSR count). The number of amides is 1. The maximum absolute atomic E-state index is 13.3. The number of hydrogen-bond acceptors (Lipinski definition) is 3. The molecule has 0 saturated carbocycles. The number of halogens is 2. The second-order valence-electron chi connectivity index (χ2n) is 6.43. The van der Waals surface area contributed by atoms with Crippen molar-refractivity contribution in [3.8, 4) is 0 Å². The van der Waals surface area contributed by atoms with Crippen LogP contribution in [0.3, 0.4) is 0 Å². The molecule has 0 saturated heterocycles. The van der Waals surface area contributed by atoms with Gasteiger partial charge in [0, 0.05) is 29.9 Å². The maximum Gasteiger partial charge on any atom is 0.261 e. The highest BCUT2D eigenvalue weighted by molar-refractivity contribution is 7.92. The van der Waals surface area contributed by atoms with Gasteiger partial charge in [0.05, 0.1) is 4.90 Å². The van der Waals surface area contributed by atoms with Crippen LogP contribution in [0.25, 0.3) is 0 Å². The van der Waals surface area contributed by atoms with Gasteiger partial charge in [-0.3, -0.25) is 9.52 Å². The van der Waals surface area contributed by atoms with Crippen molar-refractivity contribution in [1.29, 1.82) is 0 Å². The van der Waals surface area contributed by atoms with E-state index < -0.39 is 10.0 Å². The van der Waals surface area contributed by atoms with Crippen molar-refractivity contribution in [2.24, 2.45) is 0 Å². The summed E-state index contributed by atoms with van der Waals surface area (Å²) >= 11 is 5.78. The topological polar surface area (TPSA) is 66.5 Å². The monoisotopic (exact) mass is 432 g/mol. The van der Waals surface area contributed by atoms with E-state index in [4.69, 9.17) is 11.6 Å². The van der Waals surface area contributed by atoms with Crippen LogP contribution < -0.4 is 4.72 Å². The van der Waals surface area contributed by atoms with Gasteiger partial charge < -0.3 is 4.90 Å². The van der Waals surface area contributed by atoms with Gasteiger partial charge in [0.15, 0.2) is 0 Å². The molecule has 0 atom stereocenters. The van der Waals surface area contributed by atoms with Crippen molar-refractivity contribution in [1.82, 2.24) is 4.90 Å². The van der Waals surface area contributed by atoms with E-state index in [1.807, 2.05) is 0 Å². The van der Waals surface area contributed by atoms with Crippen molar-refractivity contribution in [3.05, 3.63) is 94.8 Å². The minimum absolute atomic E-state index is 0.0804. The first-order valence-corrected chi connectivity index (χ1v) is 10.5. The van der Waals surface area contributed by atoms with E-state index in [2.05, 4.69) is 4.72 Å². The molecular formula is C21H18ClFN2O3S. The Bertz CT molecular complexity index is 1120. The molecular weight excluding hydrogens is 415 g/mol. The van der Waals surface area contributed by atoms with Gasteiger partial charge in [0.1, 0.15) is 5.82 Å². The van der Waals surface area contributed by atoms with E-state index in [1.165, 1.54) is 65.6 Å². The highest BCUT2D eigenvalue weighted by Crippen LogP contribution is 2.19. The number of carbonyl (C=O) groups is 1. The van der Waals surface area contributed by atoms with Crippen LogP contribution in [-0.2, 0) is 16.6 Å². The SMILES string of the molecule is CN(Cc1cccc(F)c1)C(=O)c1ccc(NS(=O)(=O)c2ccc(Cl)cc2)cc1. The van der Waals surface area contributed by atoms with Gasteiger partial charge in [0.25, 0.3) is 15.9 Å². The Labute approximate surface area is 173 Å². The summed E-state index contributed by atoms with van der Waals surface area (Å²) in [4.78, 5) is 14.1. The first kappa shape index (κ1) is 20.8. The number of benzene rings is 3. The molecule has 1 amide bonds. The van der Waals surface area contributed by atoms with E-state index in [-0.39, 0.29) is 23.2 Å². The van der Waals surface area contributed by atoms with Crippen LogP contribution in [0.1, 0.15) is 15.9 Å². The van der Waals surface area contributed by atoms with Crippen LogP contribution in [0.4, 0.5) is 10.1 Å². The van der Waals surface area contributed by atoms with Crippen molar-refractivity contribution in [2.75, 3.05) is 11.8 Å². The zero-order chi connectivity index (χ0) is 21.0. The Morgan fingerprint density at radius 2 is 1.69 bits per heavy atom. The van der Waals surface area contributed by atoms with Crippen LogP contribution in [0.15, 0.2) is 77.7 Å². The van der Waals surface area contributed by atoms with E-state index in [1.54, 1.807) is 19.2 Å². The summed E-state index contributed by atoms with van der Waals surface area (Å²) < 4.78 is 40.6. The largest absolute Gasteiger partial charge is 0.337 e. The predicted molar refractivity (Wildman–Crippen MR) is 111 cm³/mol. The summed E-state index contributed by atoms with van der Waals surface area (Å²) in [6.45, 7) is 0.252. The van der Waals surface area contributed by atoms with E-state index in [0.717, 1.165) is 0 Å². The quantitative estimate of drug-likeness (QED) is 0.621. The Balaban J connectivity index is 1.69. The molecule has 0 heterocycles. The smallest absolute Gasteiger partial charge is 0.261 e. The number of hydrogen-bond donors (Lipinski definition) is 1. The highest BCUT2D eigenvalue weighted by Gasteiger charge is 2.16. The van der Waals surface area contributed by atoms with Crippen LogP contribution in [0.2, 0.25) is 5.02 Å². The Morgan fingerprint density at radius 1 is 1.03 bits per heavy atom. The number of sulfonamides is 1. The number of carbonyl (C=O) groups excluding carboxylic acids is 1. The van der Waals surface area contributed by atoms with Crippen molar-refractivity contribution >= 4 is 33.2 Å². The van der Waals surface area contributed by atoms with Crippen LogP contribution in [0, 0.1) is 5.82 Å².